The van der Waals surface area contributed by atoms with E-state index in [1.54, 1.807) is 6.07 Å². The SMILES string of the molecule is CCOc1ccc(C(=O)Nc2ccc(Oc3ccccc3)cc2)cc1COc1ccccc1C. The second kappa shape index (κ2) is 11.1. The number of amides is 1. The van der Waals surface area contributed by atoms with Gasteiger partial charge < -0.3 is 19.5 Å². The molecule has 4 aromatic rings. The average molecular weight is 454 g/mol. The Morgan fingerprint density at radius 3 is 2.21 bits per heavy atom. The predicted octanol–water partition coefficient (Wildman–Crippen LogP) is 7.02. The van der Waals surface area contributed by atoms with Gasteiger partial charge in [-0.05, 0) is 80.1 Å². The Bertz CT molecular complexity index is 1240. The van der Waals surface area contributed by atoms with Gasteiger partial charge >= 0.3 is 0 Å². The summed E-state index contributed by atoms with van der Waals surface area (Å²) >= 11 is 0. The van der Waals surface area contributed by atoms with Crippen LogP contribution >= 0.6 is 0 Å². The number of para-hydroxylation sites is 2. The Morgan fingerprint density at radius 1 is 0.765 bits per heavy atom. The largest absolute Gasteiger partial charge is 0.493 e. The van der Waals surface area contributed by atoms with Crippen LogP contribution in [0.1, 0.15) is 28.4 Å². The van der Waals surface area contributed by atoms with Crippen molar-refractivity contribution in [2.75, 3.05) is 11.9 Å². The topological polar surface area (TPSA) is 56.8 Å². The van der Waals surface area contributed by atoms with E-state index in [4.69, 9.17) is 14.2 Å². The third-order valence-corrected chi connectivity index (χ3v) is 5.19. The maximum absolute atomic E-state index is 12.9. The van der Waals surface area contributed by atoms with Crippen molar-refractivity contribution < 1.29 is 19.0 Å². The standard InChI is InChI=1S/C29H27NO4/c1-3-32-28-18-13-22(19-23(28)20-33-27-12-8-7-9-21(27)2)29(31)30-24-14-16-26(17-15-24)34-25-10-5-4-6-11-25/h4-19H,3,20H2,1-2H3,(H,30,31). The summed E-state index contributed by atoms with van der Waals surface area (Å²) in [5, 5.41) is 2.93. The third-order valence-electron chi connectivity index (χ3n) is 5.19. The normalized spacial score (nSPS) is 10.4. The van der Waals surface area contributed by atoms with E-state index in [1.807, 2.05) is 105 Å². The Hall–Kier alpha value is -4.25. The van der Waals surface area contributed by atoms with Crippen LogP contribution in [0.5, 0.6) is 23.0 Å². The van der Waals surface area contributed by atoms with E-state index >= 15 is 0 Å². The fraction of sp³-hybridized carbons (Fsp3) is 0.138. The van der Waals surface area contributed by atoms with Gasteiger partial charge in [0.15, 0.2) is 0 Å². The van der Waals surface area contributed by atoms with Gasteiger partial charge in [-0.15, -0.1) is 0 Å². The number of hydrogen-bond donors (Lipinski definition) is 1. The first kappa shape index (κ1) is 22.9. The highest BCUT2D eigenvalue weighted by atomic mass is 16.5. The van der Waals surface area contributed by atoms with Crippen LogP contribution in [-0.4, -0.2) is 12.5 Å². The summed E-state index contributed by atoms with van der Waals surface area (Å²) < 4.78 is 17.6. The molecular weight excluding hydrogens is 426 g/mol. The number of carbonyl (C=O) groups is 1. The molecule has 0 radical (unpaired) electrons. The Kier molecular flexibility index (Phi) is 7.45. The van der Waals surface area contributed by atoms with E-state index in [1.165, 1.54) is 0 Å². The summed E-state index contributed by atoms with van der Waals surface area (Å²) in [4.78, 5) is 12.9. The summed E-state index contributed by atoms with van der Waals surface area (Å²) in [5.41, 5.74) is 3.06. The molecule has 0 fully saturated rings. The average Bonchev–Trinajstić information content (AvgIpc) is 2.86. The van der Waals surface area contributed by atoms with E-state index in [9.17, 15) is 4.79 Å². The number of benzene rings is 4. The summed E-state index contributed by atoms with van der Waals surface area (Å²) in [6.07, 6.45) is 0. The highest BCUT2D eigenvalue weighted by Crippen LogP contribution is 2.26. The van der Waals surface area contributed by atoms with Crippen molar-refractivity contribution in [3.63, 3.8) is 0 Å². The molecule has 5 nitrogen and oxygen atoms in total. The first-order chi connectivity index (χ1) is 16.6. The van der Waals surface area contributed by atoms with Gasteiger partial charge in [-0.1, -0.05) is 36.4 Å². The number of carbonyl (C=O) groups excluding carboxylic acids is 1. The Morgan fingerprint density at radius 2 is 1.47 bits per heavy atom. The molecule has 5 heteroatoms. The lowest BCUT2D eigenvalue weighted by molar-refractivity contribution is 0.102. The van der Waals surface area contributed by atoms with Gasteiger partial charge in [-0.3, -0.25) is 4.79 Å². The number of ether oxygens (including phenoxy) is 3. The molecule has 0 saturated heterocycles. The van der Waals surface area contributed by atoms with Gasteiger partial charge in [0, 0.05) is 16.8 Å². The first-order valence-electron chi connectivity index (χ1n) is 11.2. The van der Waals surface area contributed by atoms with Crippen LogP contribution in [0.25, 0.3) is 0 Å². The van der Waals surface area contributed by atoms with Crippen LogP contribution in [0.15, 0.2) is 97.1 Å². The van der Waals surface area contributed by atoms with Crippen LogP contribution in [0, 0.1) is 6.92 Å². The highest BCUT2D eigenvalue weighted by molar-refractivity contribution is 6.04. The van der Waals surface area contributed by atoms with Gasteiger partial charge in [0.2, 0.25) is 0 Å². The zero-order chi connectivity index (χ0) is 23.8. The molecule has 0 spiro atoms. The minimum Gasteiger partial charge on any atom is -0.493 e. The molecule has 172 valence electrons. The number of anilines is 1. The van der Waals surface area contributed by atoms with Gasteiger partial charge in [-0.2, -0.15) is 0 Å². The molecule has 0 aliphatic carbocycles. The van der Waals surface area contributed by atoms with Crippen LogP contribution in [0.3, 0.4) is 0 Å². The molecule has 0 aliphatic rings. The zero-order valence-corrected chi connectivity index (χ0v) is 19.3. The molecule has 1 amide bonds. The molecule has 4 rings (SSSR count). The minimum atomic E-state index is -0.211. The van der Waals surface area contributed by atoms with Crippen molar-refractivity contribution >= 4 is 11.6 Å². The van der Waals surface area contributed by atoms with Crippen molar-refractivity contribution in [2.24, 2.45) is 0 Å². The smallest absolute Gasteiger partial charge is 0.255 e. The van der Waals surface area contributed by atoms with Crippen LogP contribution in [0.4, 0.5) is 5.69 Å². The fourth-order valence-corrected chi connectivity index (χ4v) is 3.44. The Labute approximate surface area is 199 Å². The van der Waals surface area contributed by atoms with Gasteiger partial charge in [0.25, 0.3) is 5.91 Å². The van der Waals surface area contributed by atoms with Crippen LogP contribution in [-0.2, 0) is 6.61 Å². The monoisotopic (exact) mass is 453 g/mol. The Balaban J connectivity index is 1.45. The van der Waals surface area contributed by atoms with E-state index in [-0.39, 0.29) is 5.91 Å². The minimum absolute atomic E-state index is 0.211. The second-order valence-corrected chi connectivity index (χ2v) is 7.70. The summed E-state index contributed by atoms with van der Waals surface area (Å²) in [6, 6.07) is 30.0. The van der Waals surface area contributed by atoms with E-state index in [0.29, 0.717) is 36.0 Å². The van der Waals surface area contributed by atoms with Crippen molar-refractivity contribution in [2.45, 2.75) is 20.5 Å². The van der Waals surface area contributed by atoms with Crippen molar-refractivity contribution in [3.8, 4) is 23.0 Å². The van der Waals surface area contributed by atoms with Gasteiger partial charge in [-0.25, -0.2) is 0 Å². The van der Waals surface area contributed by atoms with E-state index < -0.39 is 0 Å². The molecule has 0 atom stereocenters. The molecule has 1 N–H and O–H groups in total. The van der Waals surface area contributed by atoms with Crippen molar-refractivity contribution in [3.05, 3.63) is 114 Å². The van der Waals surface area contributed by atoms with Crippen molar-refractivity contribution in [1.29, 1.82) is 0 Å². The molecule has 4 aromatic carbocycles. The van der Waals surface area contributed by atoms with Crippen LogP contribution in [0.2, 0.25) is 0 Å². The number of rotatable bonds is 9. The van der Waals surface area contributed by atoms with Crippen LogP contribution < -0.4 is 19.5 Å². The highest BCUT2D eigenvalue weighted by Gasteiger charge is 2.12. The zero-order valence-electron chi connectivity index (χ0n) is 19.3. The molecule has 0 aliphatic heterocycles. The molecule has 0 bridgehead atoms. The molecule has 34 heavy (non-hydrogen) atoms. The molecule has 0 heterocycles. The number of aryl methyl sites for hydroxylation is 1. The second-order valence-electron chi connectivity index (χ2n) is 7.70. The molecule has 0 unspecified atom stereocenters. The summed E-state index contributed by atoms with van der Waals surface area (Å²) in [7, 11) is 0. The molecule has 0 saturated carbocycles. The quantitative estimate of drug-likeness (QED) is 0.296. The first-order valence-corrected chi connectivity index (χ1v) is 11.2. The third kappa shape index (κ3) is 5.95. The van der Waals surface area contributed by atoms with E-state index in [0.717, 1.165) is 22.6 Å². The predicted molar refractivity (Wildman–Crippen MR) is 134 cm³/mol. The lowest BCUT2D eigenvalue weighted by Crippen LogP contribution is -2.13. The lowest BCUT2D eigenvalue weighted by atomic mass is 10.1. The fourth-order valence-electron chi connectivity index (χ4n) is 3.44. The number of nitrogens with one attached hydrogen (secondary N) is 1. The maximum atomic E-state index is 12.9. The van der Waals surface area contributed by atoms with Gasteiger partial charge in [0.05, 0.1) is 6.61 Å². The molecule has 0 aromatic heterocycles. The number of hydrogen-bond acceptors (Lipinski definition) is 4. The summed E-state index contributed by atoms with van der Waals surface area (Å²) in [6.45, 7) is 4.75. The maximum Gasteiger partial charge on any atom is 0.255 e. The van der Waals surface area contributed by atoms with Crippen molar-refractivity contribution in [1.82, 2.24) is 0 Å². The van der Waals surface area contributed by atoms with E-state index in [2.05, 4.69) is 5.32 Å². The van der Waals surface area contributed by atoms with Gasteiger partial charge in [0.1, 0.15) is 29.6 Å². The summed E-state index contributed by atoms with van der Waals surface area (Å²) in [5.74, 6) is 2.75. The molecular formula is C29H27NO4. The lowest BCUT2D eigenvalue weighted by Gasteiger charge is -2.14.